The van der Waals surface area contributed by atoms with Gasteiger partial charge in [-0.2, -0.15) is 0 Å². The van der Waals surface area contributed by atoms with Crippen molar-refractivity contribution >= 4 is 17.5 Å². The van der Waals surface area contributed by atoms with E-state index in [0.29, 0.717) is 11.4 Å². The summed E-state index contributed by atoms with van der Waals surface area (Å²) in [5, 5.41) is 0.709. The van der Waals surface area contributed by atoms with Gasteiger partial charge in [0.25, 0.3) is 5.91 Å². The van der Waals surface area contributed by atoms with Gasteiger partial charge in [-0.1, -0.05) is 30.7 Å². The molecule has 0 heterocycles. The molecule has 0 saturated heterocycles. The third kappa shape index (κ3) is 3.45. The van der Waals surface area contributed by atoms with Gasteiger partial charge in [-0.25, -0.2) is 5.84 Å². The summed E-state index contributed by atoms with van der Waals surface area (Å²) in [7, 11) is 1.92. The molecule has 0 spiro atoms. The van der Waals surface area contributed by atoms with Gasteiger partial charge < -0.3 is 0 Å². The number of nitrogens with one attached hydrogen (secondary N) is 1. The van der Waals surface area contributed by atoms with Gasteiger partial charge in [0.1, 0.15) is 0 Å². The van der Waals surface area contributed by atoms with Crippen LogP contribution in [-0.4, -0.2) is 23.9 Å². The van der Waals surface area contributed by atoms with Crippen LogP contribution >= 0.6 is 11.6 Å². The van der Waals surface area contributed by atoms with Gasteiger partial charge in [-0.15, -0.1) is 0 Å². The molecule has 0 fully saturated rings. The fraction of sp³-hybridized carbons (Fsp3) is 0.462. The minimum absolute atomic E-state index is 0.115. The van der Waals surface area contributed by atoms with Gasteiger partial charge >= 0.3 is 0 Å². The Hall–Kier alpha value is -1.10. The van der Waals surface area contributed by atoms with E-state index in [0.717, 1.165) is 5.56 Å². The minimum Gasteiger partial charge on any atom is -0.293 e. The number of nitrogens with zero attached hydrogens (tertiary/aromatic N) is 1. The summed E-state index contributed by atoms with van der Waals surface area (Å²) in [5.41, 5.74) is 3.33. The van der Waals surface area contributed by atoms with Crippen molar-refractivity contribution < 1.29 is 4.79 Å². The fourth-order valence-corrected chi connectivity index (χ4v) is 2.13. The Morgan fingerprint density at radius 1 is 1.44 bits per heavy atom. The molecule has 0 bridgehead atoms. The highest BCUT2D eigenvalue weighted by molar-refractivity contribution is 6.30. The number of hydrazine groups is 1. The van der Waals surface area contributed by atoms with Crippen molar-refractivity contribution in [3.63, 3.8) is 0 Å². The molecule has 0 saturated carbocycles. The van der Waals surface area contributed by atoms with Crippen LogP contribution in [0.4, 0.5) is 0 Å². The minimum atomic E-state index is -0.235. The van der Waals surface area contributed by atoms with Crippen molar-refractivity contribution in [2.24, 2.45) is 5.84 Å². The second-order valence-electron chi connectivity index (χ2n) is 4.33. The van der Waals surface area contributed by atoms with E-state index in [1.54, 1.807) is 0 Å². The molecule has 100 valence electrons. The molecule has 1 aromatic rings. The zero-order chi connectivity index (χ0) is 13.7. The van der Waals surface area contributed by atoms with E-state index in [1.807, 2.05) is 43.1 Å². The number of likely N-dealkylation sites (N-methyl/N-ethyl adjacent to an activating group) is 1. The maximum atomic E-state index is 11.7. The lowest BCUT2D eigenvalue weighted by Gasteiger charge is -2.31. The van der Waals surface area contributed by atoms with Crippen LogP contribution in [0.25, 0.3) is 0 Å². The maximum absolute atomic E-state index is 11.7. The number of carbonyl (C=O) groups is 1. The quantitative estimate of drug-likeness (QED) is 0.489. The maximum Gasteiger partial charge on any atom is 0.251 e. The van der Waals surface area contributed by atoms with E-state index < -0.39 is 0 Å². The Morgan fingerprint density at radius 2 is 2.00 bits per heavy atom. The van der Waals surface area contributed by atoms with E-state index in [4.69, 9.17) is 17.4 Å². The molecule has 1 aromatic carbocycles. The summed E-state index contributed by atoms with van der Waals surface area (Å²) in [6.07, 6.45) is 0.706. The van der Waals surface area contributed by atoms with E-state index in [2.05, 4.69) is 12.3 Å². The molecule has 2 unspecified atom stereocenters. The molecule has 3 N–H and O–H groups in total. The van der Waals surface area contributed by atoms with Gasteiger partial charge in [-0.3, -0.25) is 15.1 Å². The lowest BCUT2D eigenvalue weighted by molar-refractivity contribution is -0.126. The van der Waals surface area contributed by atoms with Crippen molar-refractivity contribution in [1.29, 1.82) is 0 Å². The standard InChI is InChI=1S/C13H20ClN3O/c1-4-12(13(18)16-15)17(3)9(2)10-5-7-11(14)8-6-10/h5-9,12H,4,15H2,1-3H3,(H,16,18). The van der Waals surface area contributed by atoms with Crippen LogP contribution in [0.2, 0.25) is 5.02 Å². The van der Waals surface area contributed by atoms with Gasteiger partial charge in [0.2, 0.25) is 0 Å². The molecular formula is C13H20ClN3O. The molecule has 4 nitrogen and oxygen atoms in total. The van der Waals surface area contributed by atoms with Crippen molar-refractivity contribution in [3.8, 4) is 0 Å². The topological polar surface area (TPSA) is 58.4 Å². The molecule has 0 radical (unpaired) electrons. The predicted molar refractivity (Wildman–Crippen MR) is 74.0 cm³/mol. The third-order valence-electron chi connectivity index (χ3n) is 3.29. The number of halogens is 1. The summed E-state index contributed by atoms with van der Waals surface area (Å²) in [4.78, 5) is 13.7. The van der Waals surface area contributed by atoms with Crippen LogP contribution in [0, 0.1) is 0 Å². The zero-order valence-corrected chi connectivity index (χ0v) is 11.7. The SMILES string of the molecule is CCC(C(=O)NN)N(C)C(C)c1ccc(Cl)cc1. The summed E-state index contributed by atoms with van der Waals surface area (Å²) in [6.45, 7) is 4.01. The highest BCUT2D eigenvalue weighted by Crippen LogP contribution is 2.23. The summed E-state index contributed by atoms with van der Waals surface area (Å²) in [5.74, 6) is 5.04. The largest absolute Gasteiger partial charge is 0.293 e. The van der Waals surface area contributed by atoms with Crippen molar-refractivity contribution in [3.05, 3.63) is 34.9 Å². The average Bonchev–Trinajstić information content (AvgIpc) is 2.39. The van der Waals surface area contributed by atoms with Gasteiger partial charge in [0.05, 0.1) is 6.04 Å². The first-order valence-corrected chi connectivity index (χ1v) is 6.36. The Kier molecular flexibility index (Phi) is 5.59. The van der Waals surface area contributed by atoms with Crippen molar-refractivity contribution in [1.82, 2.24) is 10.3 Å². The van der Waals surface area contributed by atoms with Crippen LogP contribution in [0.15, 0.2) is 24.3 Å². The lowest BCUT2D eigenvalue weighted by Crippen LogP contribution is -2.48. The first kappa shape index (κ1) is 15.0. The summed E-state index contributed by atoms with van der Waals surface area (Å²) in [6, 6.07) is 7.52. The van der Waals surface area contributed by atoms with E-state index >= 15 is 0 Å². The van der Waals surface area contributed by atoms with Crippen LogP contribution in [0.3, 0.4) is 0 Å². The van der Waals surface area contributed by atoms with Gasteiger partial charge in [0.15, 0.2) is 0 Å². The number of carbonyl (C=O) groups excluding carboxylic acids is 1. The smallest absolute Gasteiger partial charge is 0.251 e. The summed E-state index contributed by atoms with van der Waals surface area (Å²) >= 11 is 5.86. The Bertz CT molecular complexity index is 394. The third-order valence-corrected chi connectivity index (χ3v) is 3.54. The number of nitrogens with two attached hydrogens (primary N) is 1. The van der Waals surface area contributed by atoms with Gasteiger partial charge in [0, 0.05) is 11.1 Å². The number of hydrogen-bond donors (Lipinski definition) is 2. The van der Waals surface area contributed by atoms with E-state index in [-0.39, 0.29) is 18.0 Å². The van der Waals surface area contributed by atoms with Gasteiger partial charge in [-0.05, 0) is 38.1 Å². The molecule has 2 atom stereocenters. The fourth-order valence-electron chi connectivity index (χ4n) is 2.00. The molecule has 0 aromatic heterocycles. The molecule has 1 amide bonds. The van der Waals surface area contributed by atoms with Crippen LogP contribution in [0.1, 0.15) is 31.9 Å². The highest BCUT2D eigenvalue weighted by Gasteiger charge is 2.25. The first-order valence-electron chi connectivity index (χ1n) is 5.99. The van der Waals surface area contributed by atoms with Crippen LogP contribution in [0.5, 0.6) is 0 Å². The second-order valence-corrected chi connectivity index (χ2v) is 4.76. The molecule has 1 rings (SSSR count). The number of hydrogen-bond acceptors (Lipinski definition) is 3. The monoisotopic (exact) mass is 269 g/mol. The van der Waals surface area contributed by atoms with Crippen molar-refractivity contribution in [2.45, 2.75) is 32.4 Å². The molecule has 0 aliphatic heterocycles. The van der Waals surface area contributed by atoms with Crippen LogP contribution in [-0.2, 0) is 4.79 Å². The van der Waals surface area contributed by atoms with Crippen LogP contribution < -0.4 is 11.3 Å². The average molecular weight is 270 g/mol. The molecule has 0 aliphatic carbocycles. The molecule has 18 heavy (non-hydrogen) atoms. The first-order chi connectivity index (χ1) is 8.51. The molecule has 5 heteroatoms. The molecule has 0 aliphatic rings. The Morgan fingerprint density at radius 3 is 2.44 bits per heavy atom. The van der Waals surface area contributed by atoms with E-state index in [9.17, 15) is 4.79 Å². The highest BCUT2D eigenvalue weighted by atomic mass is 35.5. The Labute approximate surface area is 113 Å². The number of amides is 1. The van der Waals surface area contributed by atoms with Crippen molar-refractivity contribution in [2.75, 3.05) is 7.05 Å². The lowest BCUT2D eigenvalue weighted by atomic mass is 10.0. The molecular weight excluding hydrogens is 250 g/mol. The normalized spacial score (nSPS) is 14.3. The summed E-state index contributed by atoms with van der Waals surface area (Å²) < 4.78 is 0. The predicted octanol–water partition coefficient (Wildman–Crippen LogP) is 2.10. The zero-order valence-electron chi connectivity index (χ0n) is 11.0. The van der Waals surface area contributed by atoms with E-state index in [1.165, 1.54) is 0 Å². The second kappa shape index (κ2) is 6.73. The Balaban J connectivity index is 2.84. The number of rotatable bonds is 5. The number of benzene rings is 1.